The van der Waals surface area contributed by atoms with Crippen molar-refractivity contribution in [2.24, 2.45) is 5.92 Å². The second-order valence-electron chi connectivity index (χ2n) is 11.4. The summed E-state index contributed by atoms with van der Waals surface area (Å²) in [7, 11) is -1.12. The molecule has 10 nitrogen and oxygen atoms in total. The van der Waals surface area contributed by atoms with E-state index in [4.69, 9.17) is 14.5 Å². The van der Waals surface area contributed by atoms with E-state index in [2.05, 4.69) is 61.7 Å². The number of fused-ring (bicyclic) bond motifs is 1. The van der Waals surface area contributed by atoms with E-state index in [1.165, 1.54) is 0 Å². The number of anilines is 1. The minimum Gasteiger partial charge on any atom is -0.447 e. The maximum Gasteiger partial charge on any atom is 0.415 e. The van der Waals surface area contributed by atoms with Crippen LogP contribution in [0.4, 0.5) is 10.6 Å². The van der Waals surface area contributed by atoms with Gasteiger partial charge in [-0.15, -0.1) is 5.10 Å². The molecule has 0 spiro atoms. The SMILES string of the molecule is Cc1cc(-c2ncn(COCC[Si](C)(C)C)n2)ccc1-c1cnn2ccc(N3C(=O)OC[C@@H]3C(C)C)nc12. The van der Waals surface area contributed by atoms with Crippen LogP contribution in [0.5, 0.6) is 0 Å². The van der Waals surface area contributed by atoms with Gasteiger partial charge >= 0.3 is 6.09 Å². The third-order valence-electron chi connectivity index (χ3n) is 6.81. The molecular weight excluding hydrogens is 498 g/mol. The molecule has 5 rings (SSSR count). The molecule has 38 heavy (non-hydrogen) atoms. The Morgan fingerprint density at radius 1 is 1.18 bits per heavy atom. The summed E-state index contributed by atoms with van der Waals surface area (Å²) in [6, 6.07) is 8.99. The second kappa shape index (κ2) is 10.3. The lowest BCUT2D eigenvalue weighted by molar-refractivity contribution is 0.0785. The molecule has 1 aliphatic heterocycles. The first kappa shape index (κ1) is 26.1. The number of nitrogens with zero attached hydrogens (tertiary/aromatic N) is 7. The van der Waals surface area contributed by atoms with E-state index in [1.54, 1.807) is 32.7 Å². The van der Waals surface area contributed by atoms with Crippen LogP contribution in [0.3, 0.4) is 0 Å². The van der Waals surface area contributed by atoms with Crippen LogP contribution in [-0.4, -0.2) is 62.8 Å². The number of hydrogen-bond donors (Lipinski definition) is 0. The van der Waals surface area contributed by atoms with E-state index in [0.717, 1.165) is 34.9 Å². The lowest BCUT2D eigenvalue weighted by Gasteiger charge is -2.23. The molecule has 4 aromatic rings. The second-order valence-corrected chi connectivity index (χ2v) is 17.0. The lowest BCUT2D eigenvalue weighted by Crippen LogP contribution is -2.37. The van der Waals surface area contributed by atoms with Gasteiger partial charge in [-0.25, -0.2) is 24.0 Å². The number of carbonyl (C=O) groups is 1. The molecule has 0 aliphatic carbocycles. The zero-order chi connectivity index (χ0) is 27.0. The van der Waals surface area contributed by atoms with Gasteiger partial charge in [0.05, 0.1) is 12.2 Å². The summed E-state index contributed by atoms with van der Waals surface area (Å²) in [6.07, 6.45) is 4.98. The summed E-state index contributed by atoms with van der Waals surface area (Å²) in [4.78, 5) is 23.5. The molecule has 1 saturated heterocycles. The topological polar surface area (TPSA) is 99.7 Å². The number of ether oxygens (including phenoxy) is 2. The van der Waals surface area contributed by atoms with Crippen molar-refractivity contribution in [1.82, 2.24) is 29.4 Å². The van der Waals surface area contributed by atoms with Gasteiger partial charge in [0.2, 0.25) is 0 Å². The van der Waals surface area contributed by atoms with Crippen molar-refractivity contribution in [1.29, 1.82) is 0 Å². The molecule has 1 fully saturated rings. The van der Waals surface area contributed by atoms with E-state index in [1.807, 2.05) is 18.3 Å². The van der Waals surface area contributed by atoms with Crippen LogP contribution in [0.2, 0.25) is 25.7 Å². The van der Waals surface area contributed by atoms with Gasteiger partial charge in [-0.1, -0.05) is 45.6 Å². The Bertz CT molecular complexity index is 1460. The van der Waals surface area contributed by atoms with Gasteiger partial charge < -0.3 is 9.47 Å². The predicted molar refractivity (Wildman–Crippen MR) is 149 cm³/mol. The van der Waals surface area contributed by atoms with Gasteiger partial charge in [-0.3, -0.25) is 4.90 Å². The predicted octanol–water partition coefficient (Wildman–Crippen LogP) is 5.26. The van der Waals surface area contributed by atoms with Crippen molar-refractivity contribution >= 4 is 25.6 Å². The smallest absolute Gasteiger partial charge is 0.415 e. The number of benzene rings is 1. The number of carbonyl (C=O) groups excluding carboxylic acids is 1. The van der Waals surface area contributed by atoms with E-state index in [0.29, 0.717) is 30.6 Å². The number of cyclic esters (lactones) is 1. The summed E-state index contributed by atoms with van der Waals surface area (Å²) < 4.78 is 14.6. The third-order valence-corrected chi connectivity index (χ3v) is 8.51. The molecule has 1 amide bonds. The van der Waals surface area contributed by atoms with Crippen molar-refractivity contribution in [2.45, 2.75) is 59.2 Å². The van der Waals surface area contributed by atoms with Crippen LogP contribution >= 0.6 is 0 Å². The Hall–Kier alpha value is -3.57. The van der Waals surface area contributed by atoms with Crippen LogP contribution in [0.25, 0.3) is 28.2 Å². The number of aryl methyl sites for hydroxylation is 1. The fraction of sp³-hybridized carbons (Fsp3) is 0.444. The maximum absolute atomic E-state index is 12.5. The molecule has 0 bridgehead atoms. The first-order valence-electron chi connectivity index (χ1n) is 13.0. The first-order valence-corrected chi connectivity index (χ1v) is 16.7. The molecule has 3 aromatic heterocycles. The Labute approximate surface area is 223 Å². The molecule has 1 aliphatic rings. The molecule has 0 unspecified atom stereocenters. The van der Waals surface area contributed by atoms with Crippen molar-refractivity contribution in [3.05, 3.63) is 48.5 Å². The Morgan fingerprint density at radius 2 is 2.00 bits per heavy atom. The Morgan fingerprint density at radius 3 is 2.74 bits per heavy atom. The van der Waals surface area contributed by atoms with Crippen molar-refractivity contribution < 1.29 is 14.3 Å². The van der Waals surface area contributed by atoms with Crippen LogP contribution in [0, 0.1) is 12.8 Å². The normalized spacial score (nSPS) is 16.1. The quantitative estimate of drug-likeness (QED) is 0.214. The van der Waals surface area contributed by atoms with Crippen molar-refractivity contribution in [3.63, 3.8) is 0 Å². The number of rotatable bonds is 9. The Balaban J connectivity index is 1.37. The van der Waals surface area contributed by atoms with Gasteiger partial charge in [-0.05, 0) is 42.1 Å². The monoisotopic (exact) mass is 533 g/mol. The summed E-state index contributed by atoms with van der Waals surface area (Å²) in [5, 5.41) is 9.09. The molecule has 1 aromatic carbocycles. The zero-order valence-electron chi connectivity index (χ0n) is 22.9. The molecular formula is C27H35N7O3Si. The van der Waals surface area contributed by atoms with Gasteiger partial charge in [-0.2, -0.15) is 5.10 Å². The number of aromatic nitrogens is 6. The highest BCUT2D eigenvalue weighted by Gasteiger charge is 2.37. The fourth-order valence-electron chi connectivity index (χ4n) is 4.50. The van der Waals surface area contributed by atoms with Crippen LogP contribution in [0.1, 0.15) is 19.4 Å². The van der Waals surface area contributed by atoms with Gasteiger partial charge in [0, 0.05) is 32.0 Å². The Kier molecular flexibility index (Phi) is 7.06. The fourth-order valence-corrected chi connectivity index (χ4v) is 5.26. The van der Waals surface area contributed by atoms with Gasteiger partial charge in [0.1, 0.15) is 25.5 Å². The van der Waals surface area contributed by atoms with Crippen molar-refractivity contribution in [2.75, 3.05) is 18.1 Å². The van der Waals surface area contributed by atoms with Crippen molar-refractivity contribution in [3.8, 4) is 22.5 Å². The summed E-state index contributed by atoms with van der Waals surface area (Å²) in [5.74, 6) is 1.46. The van der Waals surface area contributed by atoms with E-state index in [-0.39, 0.29) is 18.1 Å². The highest BCUT2D eigenvalue weighted by atomic mass is 28.3. The molecule has 1 atom stereocenters. The van der Waals surface area contributed by atoms with E-state index in [9.17, 15) is 4.79 Å². The largest absolute Gasteiger partial charge is 0.447 e. The molecule has 0 radical (unpaired) electrons. The third kappa shape index (κ3) is 5.34. The summed E-state index contributed by atoms with van der Waals surface area (Å²) in [6.45, 7) is 14.7. The van der Waals surface area contributed by atoms with E-state index >= 15 is 0 Å². The number of hydrogen-bond acceptors (Lipinski definition) is 7. The van der Waals surface area contributed by atoms with E-state index < -0.39 is 8.07 Å². The molecule has 200 valence electrons. The van der Waals surface area contributed by atoms with Crippen LogP contribution in [-0.2, 0) is 16.2 Å². The zero-order valence-corrected chi connectivity index (χ0v) is 23.9. The van der Waals surface area contributed by atoms with Crippen LogP contribution in [0.15, 0.2) is 43.0 Å². The number of amides is 1. The standard InChI is InChI=1S/C27H35N7O3Si/c1-18(2)23-15-37-27(35)34(23)24-9-10-33-26(30-24)22(14-29-33)21-8-7-20(13-19(21)3)25-28-16-32(31-25)17-36-11-12-38(4,5)6/h7-10,13-14,16,18,23H,11-12,15,17H2,1-6H3/t23-/m1/s1. The molecule has 0 N–H and O–H groups in total. The molecule has 0 saturated carbocycles. The minimum atomic E-state index is -1.12. The average Bonchev–Trinajstić information content (AvgIpc) is 3.59. The molecule has 4 heterocycles. The summed E-state index contributed by atoms with van der Waals surface area (Å²) in [5.41, 5.74) is 4.55. The maximum atomic E-state index is 12.5. The average molecular weight is 534 g/mol. The summed E-state index contributed by atoms with van der Waals surface area (Å²) >= 11 is 0. The van der Waals surface area contributed by atoms with Gasteiger partial charge in [0.25, 0.3) is 0 Å². The minimum absolute atomic E-state index is 0.0529. The highest BCUT2D eigenvalue weighted by molar-refractivity contribution is 6.76. The highest BCUT2D eigenvalue weighted by Crippen LogP contribution is 2.32. The van der Waals surface area contributed by atoms with Gasteiger partial charge in [0.15, 0.2) is 11.5 Å². The van der Waals surface area contributed by atoms with Crippen LogP contribution < -0.4 is 4.90 Å². The molecule has 11 heteroatoms. The first-order chi connectivity index (χ1) is 18.1. The lowest BCUT2D eigenvalue weighted by atomic mass is 10.00.